The molecule has 5 nitrogen and oxygen atoms in total. The number of amidine groups is 1. The fourth-order valence-electron chi connectivity index (χ4n) is 4.35. The van der Waals surface area contributed by atoms with Crippen LogP contribution in [-0.2, 0) is 0 Å². The van der Waals surface area contributed by atoms with Crippen LogP contribution in [0.1, 0.15) is 65.5 Å². The van der Waals surface area contributed by atoms with Crippen molar-refractivity contribution < 1.29 is 5.11 Å². The number of aryl methyl sites for hydroxylation is 1. The molecule has 0 aromatic carbocycles. The number of nitrogens with zero attached hydrogens (tertiary/aromatic N) is 3. The molecule has 1 fully saturated rings. The second kappa shape index (κ2) is 11.1. The molecule has 2 N–H and O–H groups in total. The lowest BCUT2D eigenvalue weighted by Gasteiger charge is -2.32. The number of hydrogen-bond acceptors (Lipinski definition) is 5. The van der Waals surface area contributed by atoms with Crippen LogP contribution in [0.5, 0.6) is 0 Å². The summed E-state index contributed by atoms with van der Waals surface area (Å²) in [7, 11) is 1.85. The van der Waals surface area contributed by atoms with Crippen LogP contribution in [0.25, 0.3) is 0 Å². The van der Waals surface area contributed by atoms with Gasteiger partial charge in [0.15, 0.2) is 0 Å². The Morgan fingerprint density at radius 3 is 2.60 bits per heavy atom. The Morgan fingerprint density at radius 2 is 2.03 bits per heavy atom. The van der Waals surface area contributed by atoms with Crippen molar-refractivity contribution in [3.8, 4) is 0 Å². The van der Waals surface area contributed by atoms with Crippen LogP contribution in [0.15, 0.2) is 38.3 Å². The molecule has 1 saturated carbocycles. The molecule has 2 unspecified atom stereocenters. The van der Waals surface area contributed by atoms with E-state index in [0.29, 0.717) is 12.0 Å². The molecular weight excluding hydrogens is 392 g/mol. The van der Waals surface area contributed by atoms with E-state index in [1.54, 1.807) is 11.8 Å². The van der Waals surface area contributed by atoms with Crippen molar-refractivity contribution in [3.63, 3.8) is 0 Å². The lowest BCUT2D eigenvalue weighted by Crippen LogP contribution is -2.38. The van der Waals surface area contributed by atoms with Crippen LogP contribution in [0, 0.1) is 12.8 Å². The number of aromatic nitrogens is 1. The fraction of sp³-hybridized carbons (Fsp3) is 0.625. The van der Waals surface area contributed by atoms with Crippen LogP contribution in [0.4, 0.5) is 5.69 Å². The Balaban J connectivity index is 2.10. The van der Waals surface area contributed by atoms with Crippen molar-refractivity contribution >= 4 is 30.0 Å². The number of allylic oxidation sites excluding steroid dienone is 1. The van der Waals surface area contributed by atoms with Crippen LogP contribution in [0.2, 0.25) is 0 Å². The van der Waals surface area contributed by atoms with Gasteiger partial charge < -0.3 is 10.4 Å². The molecule has 1 heterocycles. The Hall–Kier alpha value is -1.66. The highest BCUT2D eigenvalue weighted by atomic mass is 32.2. The number of hydrogen-bond donors (Lipinski definition) is 2. The van der Waals surface area contributed by atoms with Gasteiger partial charge in [0.25, 0.3) is 0 Å². The summed E-state index contributed by atoms with van der Waals surface area (Å²) < 4.78 is 0. The van der Waals surface area contributed by atoms with Gasteiger partial charge in [0.2, 0.25) is 0 Å². The first kappa shape index (κ1) is 24.6. The minimum Gasteiger partial charge on any atom is -0.390 e. The van der Waals surface area contributed by atoms with E-state index in [-0.39, 0.29) is 0 Å². The van der Waals surface area contributed by atoms with E-state index in [9.17, 15) is 5.11 Å². The number of aliphatic hydroxyl groups is 1. The van der Waals surface area contributed by atoms with Crippen molar-refractivity contribution in [3.05, 3.63) is 29.1 Å². The van der Waals surface area contributed by atoms with Crippen LogP contribution in [-0.4, -0.2) is 47.1 Å². The Bertz CT molecular complexity index is 794. The zero-order valence-corrected chi connectivity index (χ0v) is 20.3. The molecule has 6 heteroatoms. The summed E-state index contributed by atoms with van der Waals surface area (Å²) in [6.45, 7) is 14.1. The summed E-state index contributed by atoms with van der Waals surface area (Å²) in [6.07, 6.45) is 6.59. The minimum absolute atomic E-state index is 0.353. The highest BCUT2D eigenvalue weighted by Crippen LogP contribution is 2.38. The van der Waals surface area contributed by atoms with E-state index in [1.807, 2.05) is 26.2 Å². The molecule has 0 amide bonds. The second-order valence-corrected chi connectivity index (χ2v) is 9.42. The first-order chi connectivity index (χ1) is 14.3. The molecule has 1 aromatic rings. The third-order valence-corrected chi connectivity index (χ3v) is 7.54. The second-order valence-electron chi connectivity index (χ2n) is 8.40. The van der Waals surface area contributed by atoms with Crippen LogP contribution in [0.3, 0.4) is 0 Å². The average Bonchev–Trinajstić information content (AvgIpc) is 3.21. The third kappa shape index (κ3) is 5.73. The monoisotopic (exact) mass is 430 g/mol. The standard InChI is InChI=1S/C24H38N4OS/c1-8-24(29,9-2)18-10-11-19(14-18)28-23(26-7)20(16(3)4)15-30-21-12-13-27-17(5)22(21)25-6/h12-13,18-19,29H,6,8-11,14-15H2,1-5,7H3,(H,26,28). The fourth-order valence-corrected chi connectivity index (χ4v) is 5.58. The summed E-state index contributed by atoms with van der Waals surface area (Å²) in [6, 6.07) is 2.35. The number of thioether (sulfide) groups is 1. The molecule has 0 radical (unpaired) electrons. The predicted molar refractivity (Wildman–Crippen MR) is 130 cm³/mol. The maximum absolute atomic E-state index is 10.9. The summed E-state index contributed by atoms with van der Waals surface area (Å²) >= 11 is 1.74. The molecule has 166 valence electrons. The first-order valence-electron chi connectivity index (χ1n) is 11.0. The largest absolute Gasteiger partial charge is 0.390 e. The van der Waals surface area contributed by atoms with Gasteiger partial charge in [-0.1, -0.05) is 19.4 Å². The maximum atomic E-state index is 10.9. The minimum atomic E-state index is -0.539. The van der Waals surface area contributed by atoms with Gasteiger partial charge in [-0.25, -0.2) is 0 Å². The Morgan fingerprint density at radius 1 is 1.33 bits per heavy atom. The van der Waals surface area contributed by atoms with E-state index >= 15 is 0 Å². The number of pyridine rings is 1. The number of rotatable bonds is 9. The van der Waals surface area contributed by atoms with E-state index in [0.717, 1.165) is 60.0 Å². The van der Waals surface area contributed by atoms with Crippen LogP contribution < -0.4 is 5.32 Å². The average molecular weight is 431 g/mol. The molecular formula is C24H38N4OS. The van der Waals surface area contributed by atoms with Gasteiger partial charge in [-0.2, -0.15) is 0 Å². The quantitative estimate of drug-likeness (QED) is 0.309. The maximum Gasteiger partial charge on any atom is 0.124 e. The lowest BCUT2D eigenvalue weighted by atomic mass is 9.81. The van der Waals surface area contributed by atoms with Gasteiger partial charge >= 0.3 is 0 Å². The van der Waals surface area contributed by atoms with Gasteiger partial charge in [-0.15, -0.1) is 11.8 Å². The molecule has 2 atom stereocenters. The summed E-state index contributed by atoms with van der Waals surface area (Å²) in [5, 5.41) is 14.6. The molecule has 1 aliphatic carbocycles. The van der Waals surface area contributed by atoms with E-state index in [4.69, 9.17) is 0 Å². The molecule has 1 aromatic heterocycles. The normalized spacial score (nSPS) is 19.6. The van der Waals surface area contributed by atoms with Gasteiger partial charge in [0.05, 0.1) is 17.0 Å². The van der Waals surface area contributed by atoms with Crippen molar-refractivity contribution in [2.75, 3.05) is 12.8 Å². The summed E-state index contributed by atoms with van der Waals surface area (Å²) in [4.78, 5) is 14.2. The van der Waals surface area contributed by atoms with Crippen molar-refractivity contribution in [2.24, 2.45) is 15.9 Å². The first-order valence-corrected chi connectivity index (χ1v) is 12.0. The summed E-state index contributed by atoms with van der Waals surface area (Å²) in [5.41, 5.74) is 3.69. The SMILES string of the molecule is C=Nc1c(SCC(C(=NC)NC2CCC(C(O)(CC)CC)C2)=C(C)C)ccnc1C. The van der Waals surface area contributed by atoms with E-state index in [2.05, 4.69) is 54.7 Å². The molecule has 0 saturated heterocycles. The van der Waals surface area contributed by atoms with E-state index < -0.39 is 5.60 Å². The van der Waals surface area contributed by atoms with E-state index in [1.165, 1.54) is 11.1 Å². The third-order valence-electron chi connectivity index (χ3n) is 6.47. The van der Waals surface area contributed by atoms with Gasteiger partial charge in [-0.3, -0.25) is 15.0 Å². The van der Waals surface area contributed by atoms with Gasteiger partial charge in [0.1, 0.15) is 5.84 Å². The predicted octanol–water partition coefficient (Wildman–Crippen LogP) is 5.49. The number of aliphatic imine (C=N–C) groups is 2. The van der Waals surface area contributed by atoms with Crippen molar-refractivity contribution in [1.82, 2.24) is 10.3 Å². The zero-order valence-electron chi connectivity index (χ0n) is 19.5. The molecule has 1 aliphatic rings. The van der Waals surface area contributed by atoms with Gasteiger partial charge in [-0.05, 0) is 71.6 Å². The molecule has 0 spiro atoms. The summed E-state index contributed by atoms with van der Waals surface area (Å²) in [5.74, 6) is 2.12. The smallest absolute Gasteiger partial charge is 0.124 e. The number of nitrogens with one attached hydrogen (secondary N) is 1. The zero-order chi connectivity index (χ0) is 22.3. The lowest BCUT2D eigenvalue weighted by molar-refractivity contribution is -0.0239. The van der Waals surface area contributed by atoms with Crippen molar-refractivity contribution in [2.45, 2.75) is 83.3 Å². The van der Waals surface area contributed by atoms with Crippen molar-refractivity contribution in [1.29, 1.82) is 0 Å². The highest BCUT2D eigenvalue weighted by Gasteiger charge is 2.39. The topological polar surface area (TPSA) is 69.9 Å². The molecule has 2 rings (SSSR count). The van der Waals surface area contributed by atoms with Gasteiger partial charge in [0, 0.05) is 35.5 Å². The molecule has 0 bridgehead atoms. The highest BCUT2D eigenvalue weighted by molar-refractivity contribution is 7.99. The Labute approximate surface area is 186 Å². The Kier molecular flexibility index (Phi) is 9.10. The molecule has 30 heavy (non-hydrogen) atoms. The van der Waals surface area contributed by atoms with Crippen LogP contribution >= 0.6 is 11.8 Å². The molecule has 0 aliphatic heterocycles.